The number of aliphatic hydroxyl groups excluding tert-OH is 2. The van der Waals surface area contributed by atoms with Gasteiger partial charge in [-0.05, 0) is 38.5 Å². The summed E-state index contributed by atoms with van der Waals surface area (Å²) in [5, 5.41) is 18.1. The summed E-state index contributed by atoms with van der Waals surface area (Å²) in [4.78, 5) is 34.3. The van der Waals surface area contributed by atoms with Crippen LogP contribution in [0, 0.1) is 0 Å². The van der Waals surface area contributed by atoms with Crippen LogP contribution >= 0.6 is 7.82 Å². The Labute approximate surface area is 260 Å². The van der Waals surface area contributed by atoms with Gasteiger partial charge in [0.05, 0.1) is 19.8 Å². The number of carbonyl (C=O) groups is 2. The summed E-state index contributed by atoms with van der Waals surface area (Å²) < 4.78 is 32.2. The van der Waals surface area contributed by atoms with Crippen LogP contribution in [0.2, 0.25) is 0 Å². The Morgan fingerprint density at radius 3 is 1.70 bits per heavy atom. The van der Waals surface area contributed by atoms with Crippen LogP contribution in [0.15, 0.2) is 12.2 Å². The lowest BCUT2D eigenvalue weighted by Crippen LogP contribution is -2.29. The smallest absolute Gasteiger partial charge is 0.462 e. The molecule has 0 saturated carbocycles. The second-order valence-electron chi connectivity index (χ2n) is 11.2. The zero-order valence-electron chi connectivity index (χ0n) is 26.9. The molecule has 3 atom stereocenters. The van der Waals surface area contributed by atoms with Crippen LogP contribution in [0.1, 0.15) is 142 Å². The number of hydrogen-bond acceptors (Lipinski definition) is 9. The van der Waals surface area contributed by atoms with E-state index in [0.717, 1.165) is 57.8 Å². The molecule has 3 N–H and O–H groups in total. The number of phosphoric ester groups is 1. The van der Waals surface area contributed by atoms with Crippen molar-refractivity contribution in [2.75, 3.05) is 26.4 Å². The fraction of sp³-hybridized carbons (Fsp3) is 0.875. The minimum absolute atomic E-state index is 0.176. The molecule has 0 amide bonds. The van der Waals surface area contributed by atoms with Crippen LogP contribution in [-0.2, 0) is 32.7 Å². The summed E-state index contributed by atoms with van der Waals surface area (Å²) in [6.45, 7) is 2.20. The van der Waals surface area contributed by atoms with Crippen molar-refractivity contribution >= 4 is 19.8 Å². The van der Waals surface area contributed by atoms with E-state index in [0.29, 0.717) is 12.8 Å². The molecular weight excluding hydrogens is 575 g/mol. The number of rotatable bonds is 31. The van der Waals surface area contributed by atoms with E-state index in [1.54, 1.807) is 0 Å². The average Bonchev–Trinajstić information content (AvgIpc) is 2.99. The third-order valence-electron chi connectivity index (χ3n) is 6.92. The van der Waals surface area contributed by atoms with Crippen molar-refractivity contribution in [2.45, 2.75) is 154 Å². The number of hydrogen-bond donors (Lipinski definition) is 3. The van der Waals surface area contributed by atoms with E-state index in [2.05, 4.69) is 30.5 Å². The van der Waals surface area contributed by atoms with E-state index in [1.807, 2.05) is 0 Å². The van der Waals surface area contributed by atoms with E-state index < -0.39 is 51.8 Å². The molecule has 0 aliphatic carbocycles. The molecule has 0 heterocycles. The molecule has 0 bridgehead atoms. The molecule has 0 aromatic rings. The molecule has 0 rings (SSSR count). The number of unbranched alkanes of at least 4 members (excludes halogenated alkanes) is 15. The zero-order valence-corrected chi connectivity index (χ0v) is 27.8. The average molecular weight is 637 g/mol. The summed E-state index contributed by atoms with van der Waals surface area (Å²) in [7, 11) is -4.59. The van der Waals surface area contributed by atoms with Crippen molar-refractivity contribution in [3.63, 3.8) is 0 Å². The summed E-state index contributed by atoms with van der Waals surface area (Å²) >= 11 is 0. The molecule has 0 fully saturated rings. The lowest BCUT2D eigenvalue weighted by Gasteiger charge is -2.20. The molecule has 0 aliphatic rings. The van der Waals surface area contributed by atoms with Gasteiger partial charge in [0.15, 0.2) is 6.10 Å². The fourth-order valence-electron chi connectivity index (χ4n) is 4.28. The molecule has 0 aromatic heterocycles. The van der Waals surface area contributed by atoms with Gasteiger partial charge >= 0.3 is 19.8 Å². The number of carbonyl (C=O) groups excluding carboxylic acids is 2. The number of allylic oxidation sites excluding steroid dienone is 2. The van der Waals surface area contributed by atoms with Gasteiger partial charge in [0.25, 0.3) is 0 Å². The van der Waals surface area contributed by atoms with Gasteiger partial charge in [0.1, 0.15) is 12.7 Å². The van der Waals surface area contributed by atoms with Crippen LogP contribution in [0.5, 0.6) is 0 Å². The minimum Gasteiger partial charge on any atom is -0.462 e. The maximum atomic E-state index is 12.4. The van der Waals surface area contributed by atoms with Crippen LogP contribution < -0.4 is 0 Å². The SMILES string of the molecule is CCCCCCCCC/C=C\CCCCCCCC(=O)OC(COC(=O)CCCCCC)COP(=O)(O)OCC(O)CO. The first-order chi connectivity index (χ1) is 20.7. The lowest BCUT2D eigenvalue weighted by molar-refractivity contribution is -0.161. The van der Waals surface area contributed by atoms with Gasteiger partial charge in [-0.3, -0.25) is 18.6 Å². The Morgan fingerprint density at radius 1 is 0.674 bits per heavy atom. The molecule has 0 spiro atoms. The highest BCUT2D eigenvalue weighted by Gasteiger charge is 2.27. The normalized spacial score (nSPS) is 14.4. The molecule has 10 nitrogen and oxygen atoms in total. The number of esters is 2. The standard InChI is InChI=1S/C32H61O10P/c1-3-5-7-9-10-11-12-13-14-15-16-17-18-19-20-22-24-32(36)42-30(27-39-31(35)23-21-8-6-4-2)28-41-43(37,38)40-26-29(34)25-33/h14-15,29-30,33-34H,3-13,16-28H2,1-2H3,(H,37,38)/b15-14-. The number of phosphoric acid groups is 1. The fourth-order valence-corrected chi connectivity index (χ4v) is 5.07. The quantitative estimate of drug-likeness (QED) is 0.0306. The van der Waals surface area contributed by atoms with E-state index in [-0.39, 0.29) is 19.4 Å². The maximum absolute atomic E-state index is 12.4. The van der Waals surface area contributed by atoms with Gasteiger partial charge in [-0.1, -0.05) is 103 Å². The third kappa shape index (κ3) is 29.2. The summed E-state index contributed by atoms with van der Waals surface area (Å²) in [6, 6.07) is 0. The largest absolute Gasteiger partial charge is 0.472 e. The number of aliphatic hydroxyl groups is 2. The molecule has 0 aliphatic heterocycles. The summed E-state index contributed by atoms with van der Waals surface area (Å²) in [5.41, 5.74) is 0. The van der Waals surface area contributed by atoms with Gasteiger partial charge in [-0.2, -0.15) is 0 Å². The second-order valence-corrected chi connectivity index (χ2v) is 12.6. The van der Waals surface area contributed by atoms with Crippen LogP contribution in [0.25, 0.3) is 0 Å². The van der Waals surface area contributed by atoms with E-state index in [4.69, 9.17) is 19.1 Å². The van der Waals surface area contributed by atoms with Crippen molar-refractivity contribution in [3.05, 3.63) is 12.2 Å². The second kappa shape index (κ2) is 29.4. The van der Waals surface area contributed by atoms with E-state index in [9.17, 15) is 24.2 Å². The minimum atomic E-state index is -4.59. The van der Waals surface area contributed by atoms with E-state index >= 15 is 0 Å². The molecular formula is C32H61O10P. The first kappa shape index (κ1) is 41.7. The van der Waals surface area contributed by atoms with Gasteiger partial charge < -0.3 is 24.6 Å². The Kier molecular flexibility index (Phi) is 28.5. The lowest BCUT2D eigenvalue weighted by atomic mass is 10.1. The molecule has 3 unspecified atom stereocenters. The van der Waals surface area contributed by atoms with Crippen molar-refractivity contribution in [2.24, 2.45) is 0 Å². The summed E-state index contributed by atoms with van der Waals surface area (Å²) in [6.07, 6.45) is 22.5. The molecule has 0 saturated heterocycles. The van der Waals surface area contributed by atoms with Crippen molar-refractivity contribution in [3.8, 4) is 0 Å². The van der Waals surface area contributed by atoms with Crippen LogP contribution in [0.4, 0.5) is 0 Å². The maximum Gasteiger partial charge on any atom is 0.472 e. The first-order valence-corrected chi connectivity index (χ1v) is 18.1. The Morgan fingerprint density at radius 2 is 1.14 bits per heavy atom. The van der Waals surface area contributed by atoms with Crippen LogP contribution in [0.3, 0.4) is 0 Å². The van der Waals surface area contributed by atoms with Crippen LogP contribution in [-0.4, -0.2) is 65.7 Å². The van der Waals surface area contributed by atoms with Gasteiger partial charge in [-0.25, -0.2) is 4.57 Å². The first-order valence-electron chi connectivity index (χ1n) is 16.6. The predicted octanol–water partition coefficient (Wildman–Crippen LogP) is 7.33. The molecule has 43 heavy (non-hydrogen) atoms. The summed E-state index contributed by atoms with van der Waals surface area (Å²) in [5.74, 6) is -0.954. The molecule has 11 heteroatoms. The van der Waals surface area contributed by atoms with E-state index in [1.165, 1.54) is 44.9 Å². The highest BCUT2D eigenvalue weighted by Crippen LogP contribution is 2.43. The molecule has 0 aromatic carbocycles. The Hall–Kier alpha value is -1.29. The zero-order chi connectivity index (χ0) is 32.0. The topological polar surface area (TPSA) is 149 Å². The van der Waals surface area contributed by atoms with Crippen molar-refractivity contribution in [1.82, 2.24) is 0 Å². The van der Waals surface area contributed by atoms with Crippen molar-refractivity contribution < 1.29 is 47.8 Å². The Balaban J connectivity index is 4.27. The Bertz CT molecular complexity index is 746. The highest BCUT2D eigenvalue weighted by molar-refractivity contribution is 7.47. The van der Waals surface area contributed by atoms with Gasteiger partial charge in [0.2, 0.25) is 0 Å². The predicted molar refractivity (Wildman–Crippen MR) is 168 cm³/mol. The highest BCUT2D eigenvalue weighted by atomic mass is 31.2. The number of ether oxygens (including phenoxy) is 2. The third-order valence-corrected chi connectivity index (χ3v) is 7.87. The molecule has 254 valence electrons. The van der Waals surface area contributed by atoms with Gasteiger partial charge in [-0.15, -0.1) is 0 Å². The molecule has 0 radical (unpaired) electrons. The monoisotopic (exact) mass is 636 g/mol. The van der Waals surface area contributed by atoms with Gasteiger partial charge in [0, 0.05) is 12.8 Å². The van der Waals surface area contributed by atoms with Crippen molar-refractivity contribution in [1.29, 1.82) is 0 Å².